The molecule has 1 amide bonds. The van der Waals surface area contributed by atoms with Gasteiger partial charge in [-0.2, -0.15) is 9.97 Å². The van der Waals surface area contributed by atoms with Gasteiger partial charge in [0.25, 0.3) is 0 Å². The summed E-state index contributed by atoms with van der Waals surface area (Å²) in [5, 5.41) is 10.3. The Balaban J connectivity index is 1.40. The van der Waals surface area contributed by atoms with E-state index in [0.29, 0.717) is 80.7 Å². The van der Waals surface area contributed by atoms with E-state index in [9.17, 15) is 4.79 Å². The van der Waals surface area contributed by atoms with Crippen LogP contribution in [0.5, 0.6) is 11.5 Å². The number of hydrogen-bond acceptors (Lipinski definition) is 9. The van der Waals surface area contributed by atoms with E-state index in [1.54, 1.807) is 6.20 Å². The number of benzene rings is 2. The normalized spacial score (nSPS) is 14.2. The molecule has 0 saturated heterocycles. The molecule has 0 atom stereocenters. The smallest absolute Gasteiger partial charge is 0.231 e. The summed E-state index contributed by atoms with van der Waals surface area (Å²) in [7, 11) is 0. The predicted molar refractivity (Wildman–Crippen MR) is 145 cm³/mol. The topological polar surface area (TPSA) is 132 Å². The van der Waals surface area contributed by atoms with Crippen LogP contribution in [0.15, 0.2) is 54.7 Å². The Bertz CT molecular complexity index is 1390. The van der Waals surface area contributed by atoms with Crippen molar-refractivity contribution in [2.75, 3.05) is 55.6 Å². The SMILES string of the molecule is CCC(=O)Nc1ccccc1Nc1nc(Nc2ccc3c(c2)OCCOCCOCCO3)nc2[nH]ccc12. The summed E-state index contributed by atoms with van der Waals surface area (Å²) in [6.07, 6.45) is 2.19. The summed E-state index contributed by atoms with van der Waals surface area (Å²) < 4.78 is 22.8. The zero-order valence-electron chi connectivity index (χ0n) is 21.1. The molecule has 1 aliphatic heterocycles. The molecule has 0 bridgehead atoms. The first-order valence-electron chi connectivity index (χ1n) is 12.5. The van der Waals surface area contributed by atoms with E-state index in [0.717, 1.165) is 16.8 Å². The molecule has 2 aromatic carbocycles. The lowest BCUT2D eigenvalue weighted by molar-refractivity contribution is -0.115. The minimum atomic E-state index is -0.0715. The number of para-hydroxylation sites is 2. The fraction of sp³-hybridized carbons (Fsp3) is 0.296. The number of anilines is 5. The van der Waals surface area contributed by atoms with Gasteiger partial charge in [0, 0.05) is 24.4 Å². The van der Waals surface area contributed by atoms with Crippen molar-refractivity contribution in [3.05, 3.63) is 54.7 Å². The van der Waals surface area contributed by atoms with Gasteiger partial charge in [-0.25, -0.2) is 0 Å². The lowest BCUT2D eigenvalue weighted by Crippen LogP contribution is -2.15. The van der Waals surface area contributed by atoms with Crippen LogP contribution in [0.25, 0.3) is 11.0 Å². The van der Waals surface area contributed by atoms with Gasteiger partial charge < -0.3 is 39.9 Å². The number of nitrogens with one attached hydrogen (secondary N) is 4. The second-order valence-electron chi connectivity index (χ2n) is 8.42. The van der Waals surface area contributed by atoms with Crippen LogP contribution in [-0.4, -0.2) is 60.5 Å². The van der Waals surface area contributed by atoms with E-state index >= 15 is 0 Å². The number of amides is 1. The minimum absolute atomic E-state index is 0.0715. The molecule has 11 nitrogen and oxygen atoms in total. The van der Waals surface area contributed by atoms with Crippen LogP contribution in [-0.2, 0) is 14.3 Å². The average molecular weight is 519 g/mol. The Morgan fingerprint density at radius 2 is 1.61 bits per heavy atom. The fourth-order valence-corrected chi connectivity index (χ4v) is 3.85. The van der Waals surface area contributed by atoms with E-state index in [2.05, 4.69) is 25.9 Å². The first-order chi connectivity index (χ1) is 18.7. The predicted octanol–water partition coefficient (Wildman–Crippen LogP) is 4.60. The summed E-state index contributed by atoms with van der Waals surface area (Å²) >= 11 is 0. The molecule has 0 unspecified atom stereocenters. The molecule has 38 heavy (non-hydrogen) atoms. The zero-order chi connectivity index (χ0) is 26.2. The quantitative estimate of drug-likeness (QED) is 0.289. The standard InChI is InChI=1S/C27H30N6O5/c1-2-24(34)30-20-5-3-4-6-21(20)31-26-19-9-10-28-25(19)32-27(33-26)29-18-7-8-22-23(17-18)38-16-14-36-12-11-35-13-15-37-22/h3-10,17H,2,11-16H2,1H3,(H,30,34)(H3,28,29,31,32,33). The molecule has 0 spiro atoms. The van der Waals surface area contributed by atoms with E-state index in [1.807, 2.05) is 55.5 Å². The van der Waals surface area contributed by atoms with Gasteiger partial charge in [0.2, 0.25) is 11.9 Å². The number of carbonyl (C=O) groups is 1. The second kappa shape index (κ2) is 12.3. The van der Waals surface area contributed by atoms with Crippen LogP contribution in [0.2, 0.25) is 0 Å². The van der Waals surface area contributed by atoms with Crippen molar-refractivity contribution in [1.82, 2.24) is 15.0 Å². The first-order valence-corrected chi connectivity index (χ1v) is 12.5. The Morgan fingerprint density at radius 1 is 0.868 bits per heavy atom. The maximum atomic E-state index is 12.0. The third kappa shape index (κ3) is 6.31. The maximum Gasteiger partial charge on any atom is 0.231 e. The third-order valence-electron chi connectivity index (χ3n) is 5.73. The number of ether oxygens (including phenoxy) is 4. The summed E-state index contributed by atoms with van der Waals surface area (Å²) in [5.41, 5.74) is 2.77. The van der Waals surface area contributed by atoms with Crippen LogP contribution >= 0.6 is 0 Å². The van der Waals surface area contributed by atoms with Gasteiger partial charge in [-0.15, -0.1) is 0 Å². The molecular weight excluding hydrogens is 488 g/mol. The molecule has 198 valence electrons. The molecular formula is C27H30N6O5. The van der Waals surface area contributed by atoms with Crippen molar-refractivity contribution in [2.45, 2.75) is 13.3 Å². The Morgan fingerprint density at radius 3 is 2.39 bits per heavy atom. The van der Waals surface area contributed by atoms with Gasteiger partial charge in [0.15, 0.2) is 11.5 Å². The van der Waals surface area contributed by atoms with E-state index in [4.69, 9.17) is 23.9 Å². The Hall–Kier alpha value is -4.35. The van der Waals surface area contributed by atoms with E-state index in [-0.39, 0.29) is 5.91 Å². The molecule has 0 fully saturated rings. The van der Waals surface area contributed by atoms with Crippen molar-refractivity contribution in [1.29, 1.82) is 0 Å². The van der Waals surface area contributed by atoms with Gasteiger partial charge in [0.1, 0.15) is 24.7 Å². The summed E-state index contributed by atoms with van der Waals surface area (Å²) in [4.78, 5) is 24.5. The summed E-state index contributed by atoms with van der Waals surface area (Å²) in [6.45, 7) is 4.56. The fourth-order valence-electron chi connectivity index (χ4n) is 3.85. The highest BCUT2D eigenvalue weighted by Crippen LogP contribution is 2.33. The van der Waals surface area contributed by atoms with Gasteiger partial charge in [-0.3, -0.25) is 4.79 Å². The second-order valence-corrected chi connectivity index (χ2v) is 8.42. The number of H-pyrrole nitrogens is 1. The van der Waals surface area contributed by atoms with Crippen LogP contribution in [0, 0.1) is 0 Å². The van der Waals surface area contributed by atoms with Gasteiger partial charge >= 0.3 is 0 Å². The monoisotopic (exact) mass is 518 g/mol. The lowest BCUT2D eigenvalue weighted by atomic mass is 10.2. The Kier molecular flexibility index (Phi) is 8.16. The minimum Gasteiger partial charge on any atom is -0.487 e. The highest BCUT2D eigenvalue weighted by Gasteiger charge is 2.14. The van der Waals surface area contributed by atoms with Crippen LogP contribution in [0.1, 0.15) is 13.3 Å². The van der Waals surface area contributed by atoms with E-state index in [1.165, 1.54) is 0 Å². The third-order valence-corrected chi connectivity index (χ3v) is 5.73. The molecule has 1 aliphatic rings. The lowest BCUT2D eigenvalue weighted by Gasteiger charge is -2.17. The molecule has 4 N–H and O–H groups in total. The zero-order valence-corrected chi connectivity index (χ0v) is 21.1. The number of carbonyl (C=O) groups excluding carboxylic acids is 1. The first kappa shape index (κ1) is 25.3. The van der Waals surface area contributed by atoms with Crippen molar-refractivity contribution >= 4 is 45.8 Å². The average Bonchev–Trinajstić information content (AvgIpc) is 3.39. The molecule has 5 rings (SSSR count). The number of nitrogens with zero attached hydrogens (tertiary/aromatic N) is 2. The highest BCUT2D eigenvalue weighted by molar-refractivity contribution is 5.96. The number of aromatic nitrogens is 3. The van der Waals surface area contributed by atoms with Crippen molar-refractivity contribution in [2.24, 2.45) is 0 Å². The molecule has 0 radical (unpaired) electrons. The van der Waals surface area contributed by atoms with Crippen LogP contribution in [0.4, 0.5) is 28.8 Å². The van der Waals surface area contributed by atoms with Crippen LogP contribution in [0.3, 0.4) is 0 Å². The molecule has 3 heterocycles. The van der Waals surface area contributed by atoms with Gasteiger partial charge in [-0.1, -0.05) is 19.1 Å². The van der Waals surface area contributed by atoms with Crippen molar-refractivity contribution < 1.29 is 23.7 Å². The molecule has 0 aliphatic carbocycles. The van der Waals surface area contributed by atoms with Crippen molar-refractivity contribution in [3.63, 3.8) is 0 Å². The van der Waals surface area contributed by atoms with Gasteiger partial charge in [0.05, 0.1) is 43.2 Å². The molecule has 2 aromatic heterocycles. The molecule has 4 aromatic rings. The van der Waals surface area contributed by atoms with Crippen molar-refractivity contribution in [3.8, 4) is 11.5 Å². The molecule has 11 heteroatoms. The van der Waals surface area contributed by atoms with Gasteiger partial charge in [-0.05, 0) is 30.3 Å². The highest BCUT2D eigenvalue weighted by atomic mass is 16.6. The summed E-state index contributed by atoms with van der Waals surface area (Å²) in [6, 6.07) is 14.9. The van der Waals surface area contributed by atoms with E-state index < -0.39 is 0 Å². The number of hydrogen-bond donors (Lipinski definition) is 4. The number of rotatable bonds is 6. The number of fused-ring (bicyclic) bond motifs is 2. The maximum absolute atomic E-state index is 12.0. The summed E-state index contributed by atoms with van der Waals surface area (Å²) in [5.74, 6) is 2.09. The number of aromatic amines is 1. The Labute approximate surface area is 219 Å². The van der Waals surface area contributed by atoms with Crippen LogP contribution < -0.4 is 25.4 Å². The molecule has 0 saturated carbocycles. The largest absolute Gasteiger partial charge is 0.487 e.